The van der Waals surface area contributed by atoms with E-state index in [1.54, 1.807) is 0 Å². The van der Waals surface area contributed by atoms with E-state index in [1.165, 1.54) is 12.0 Å². The van der Waals surface area contributed by atoms with Gasteiger partial charge in [0.15, 0.2) is 0 Å². The van der Waals surface area contributed by atoms with Crippen molar-refractivity contribution in [3.63, 3.8) is 0 Å². The van der Waals surface area contributed by atoms with Gasteiger partial charge in [-0.05, 0) is 69.7 Å². The van der Waals surface area contributed by atoms with Crippen molar-refractivity contribution in [1.29, 1.82) is 0 Å². The van der Waals surface area contributed by atoms with E-state index < -0.39 is 12.0 Å². The number of nitrogens with zero attached hydrogens (tertiary/aromatic N) is 1. The molecule has 0 bridgehead atoms. The lowest BCUT2D eigenvalue weighted by molar-refractivity contribution is -0.142. The molecule has 1 fully saturated rings. The molecule has 4 N–H and O–H groups in total. The van der Waals surface area contributed by atoms with Gasteiger partial charge in [-0.3, -0.25) is 4.79 Å². The van der Waals surface area contributed by atoms with Gasteiger partial charge in [-0.25, -0.2) is 9.78 Å². The predicted molar refractivity (Wildman–Crippen MR) is 118 cm³/mol. The first kappa shape index (κ1) is 22.5. The molecule has 2 aliphatic heterocycles. The lowest BCUT2D eigenvalue weighted by Crippen LogP contribution is -2.45. The third-order valence-corrected chi connectivity index (χ3v) is 6.20. The first-order valence-electron chi connectivity index (χ1n) is 11.6. The topological polar surface area (TPSA) is 103 Å². The Morgan fingerprint density at radius 1 is 1.10 bits per heavy atom. The highest BCUT2D eigenvalue weighted by atomic mass is 16.4. The molecular formula is C23H36N4O3. The zero-order chi connectivity index (χ0) is 21.2. The molecule has 0 unspecified atom stereocenters. The van der Waals surface area contributed by atoms with E-state index in [2.05, 4.69) is 28.1 Å². The monoisotopic (exact) mass is 416 g/mol. The molecule has 0 saturated carbocycles. The Balaban J connectivity index is 1.28. The molecule has 3 rings (SSSR count). The fraction of sp³-hybridized carbons (Fsp3) is 0.696. The molecule has 3 heterocycles. The lowest BCUT2D eigenvalue weighted by atomic mass is 9.96. The predicted octanol–water partition coefficient (Wildman–Crippen LogP) is 2.89. The molecule has 1 amide bonds. The van der Waals surface area contributed by atoms with Crippen molar-refractivity contribution < 1.29 is 14.7 Å². The molecule has 0 aliphatic carbocycles. The van der Waals surface area contributed by atoms with Crippen LogP contribution in [0.3, 0.4) is 0 Å². The second-order valence-electron chi connectivity index (χ2n) is 8.57. The Morgan fingerprint density at radius 2 is 1.87 bits per heavy atom. The minimum Gasteiger partial charge on any atom is -0.480 e. The van der Waals surface area contributed by atoms with E-state index in [0.717, 1.165) is 88.9 Å². The van der Waals surface area contributed by atoms with Crippen LogP contribution in [0.4, 0.5) is 5.82 Å². The number of nitrogens with one attached hydrogen (secondary N) is 3. The summed E-state index contributed by atoms with van der Waals surface area (Å²) in [6.07, 6.45) is 10.5. The zero-order valence-corrected chi connectivity index (χ0v) is 17.9. The Hall–Kier alpha value is -2.15. The average Bonchev–Trinajstić information content (AvgIpc) is 2.77. The van der Waals surface area contributed by atoms with E-state index in [-0.39, 0.29) is 11.8 Å². The molecule has 7 nitrogen and oxygen atoms in total. The fourth-order valence-corrected chi connectivity index (χ4v) is 4.32. The Bertz CT molecular complexity index is 704. The number of unbranched alkanes of at least 4 members (excludes halogenated alkanes) is 4. The summed E-state index contributed by atoms with van der Waals surface area (Å²) in [6.45, 7) is 2.67. The van der Waals surface area contributed by atoms with Crippen LogP contribution in [-0.4, -0.2) is 47.6 Å². The number of pyridine rings is 1. The maximum absolute atomic E-state index is 12.3. The molecule has 1 atom stereocenters. The van der Waals surface area contributed by atoms with Crippen molar-refractivity contribution in [2.24, 2.45) is 5.92 Å². The van der Waals surface area contributed by atoms with Gasteiger partial charge in [-0.2, -0.15) is 0 Å². The highest BCUT2D eigenvalue weighted by molar-refractivity contribution is 5.85. The number of hydrogen-bond acceptors (Lipinski definition) is 5. The third-order valence-electron chi connectivity index (χ3n) is 6.20. The summed E-state index contributed by atoms with van der Waals surface area (Å²) in [4.78, 5) is 28.5. The van der Waals surface area contributed by atoms with Crippen LogP contribution in [-0.2, 0) is 22.4 Å². The number of fused-ring (bicyclic) bond motifs is 1. The van der Waals surface area contributed by atoms with E-state index in [4.69, 9.17) is 4.98 Å². The summed E-state index contributed by atoms with van der Waals surface area (Å²) in [5.41, 5.74) is 2.47. The SMILES string of the molecule is O=C(N[C@@H](CCCCCCCc1ccc2c(n1)NCCC2)C(=O)O)C1CCNCC1. The number of aromatic nitrogens is 1. The number of amides is 1. The lowest BCUT2D eigenvalue weighted by Gasteiger charge is -2.24. The molecular weight excluding hydrogens is 380 g/mol. The molecule has 2 aliphatic rings. The molecule has 0 spiro atoms. The van der Waals surface area contributed by atoms with Gasteiger partial charge in [-0.15, -0.1) is 0 Å². The summed E-state index contributed by atoms with van der Waals surface area (Å²) >= 11 is 0. The van der Waals surface area contributed by atoms with Crippen molar-refractivity contribution in [3.8, 4) is 0 Å². The second kappa shape index (κ2) is 11.9. The number of carbonyl (C=O) groups excluding carboxylic acids is 1. The van der Waals surface area contributed by atoms with Gasteiger partial charge in [0.05, 0.1) is 0 Å². The number of rotatable bonds is 11. The number of anilines is 1. The average molecular weight is 417 g/mol. The van der Waals surface area contributed by atoms with Crippen LogP contribution in [0.2, 0.25) is 0 Å². The summed E-state index contributed by atoms with van der Waals surface area (Å²) in [5, 5.41) is 18.8. The van der Waals surface area contributed by atoms with Gasteiger partial charge >= 0.3 is 5.97 Å². The zero-order valence-electron chi connectivity index (χ0n) is 17.9. The van der Waals surface area contributed by atoms with E-state index in [0.29, 0.717) is 6.42 Å². The molecule has 7 heteroatoms. The highest BCUT2D eigenvalue weighted by Gasteiger charge is 2.26. The van der Waals surface area contributed by atoms with Crippen LogP contribution < -0.4 is 16.0 Å². The number of piperidine rings is 1. The molecule has 1 saturated heterocycles. The largest absolute Gasteiger partial charge is 0.480 e. The van der Waals surface area contributed by atoms with Crippen molar-refractivity contribution >= 4 is 17.7 Å². The second-order valence-corrected chi connectivity index (χ2v) is 8.57. The maximum Gasteiger partial charge on any atom is 0.326 e. The number of hydrogen-bond donors (Lipinski definition) is 4. The fourth-order valence-electron chi connectivity index (χ4n) is 4.32. The number of aryl methyl sites for hydroxylation is 2. The maximum atomic E-state index is 12.3. The quantitative estimate of drug-likeness (QED) is 0.414. The number of carboxylic acids is 1. The summed E-state index contributed by atoms with van der Waals surface area (Å²) < 4.78 is 0. The minimum atomic E-state index is -0.927. The number of aliphatic carboxylic acids is 1. The van der Waals surface area contributed by atoms with E-state index in [1.807, 2.05) is 0 Å². The van der Waals surface area contributed by atoms with Crippen molar-refractivity contribution in [1.82, 2.24) is 15.6 Å². The Labute approximate surface area is 179 Å². The van der Waals surface area contributed by atoms with Gasteiger partial charge < -0.3 is 21.1 Å². The van der Waals surface area contributed by atoms with Crippen molar-refractivity contribution in [2.45, 2.75) is 76.7 Å². The molecule has 1 aromatic heterocycles. The van der Waals surface area contributed by atoms with Gasteiger partial charge in [0.2, 0.25) is 5.91 Å². The summed E-state index contributed by atoms with van der Waals surface area (Å²) in [5.74, 6) is -0.0224. The van der Waals surface area contributed by atoms with Crippen LogP contribution in [0.5, 0.6) is 0 Å². The molecule has 0 aromatic carbocycles. The van der Waals surface area contributed by atoms with Gasteiger partial charge in [0, 0.05) is 18.2 Å². The van der Waals surface area contributed by atoms with Crippen LogP contribution in [0, 0.1) is 5.92 Å². The summed E-state index contributed by atoms with van der Waals surface area (Å²) in [6, 6.07) is 3.59. The Kier molecular flexibility index (Phi) is 8.93. The van der Waals surface area contributed by atoms with Crippen LogP contribution in [0.25, 0.3) is 0 Å². The van der Waals surface area contributed by atoms with Crippen LogP contribution in [0.15, 0.2) is 12.1 Å². The minimum absolute atomic E-state index is 0.0551. The van der Waals surface area contributed by atoms with E-state index >= 15 is 0 Å². The van der Waals surface area contributed by atoms with Gasteiger partial charge in [0.25, 0.3) is 0 Å². The van der Waals surface area contributed by atoms with Crippen LogP contribution in [0.1, 0.15) is 69.0 Å². The highest BCUT2D eigenvalue weighted by Crippen LogP contribution is 2.20. The molecule has 1 aromatic rings. The molecule has 166 valence electrons. The smallest absolute Gasteiger partial charge is 0.326 e. The Morgan fingerprint density at radius 3 is 2.67 bits per heavy atom. The molecule has 0 radical (unpaired) electrons. The van der Waals surface area contributed by atoms with Crippen molar-refractivity contribution in [3.05, 3.63) is 23.4 Å². The first-order valence-corrected chi connectivity index (χ1v) is 11.6. The van der Waals surface area contributed by atoms with E-state index in [9.17, 15) is 14.7 Å². The normalized spacial score (nSPS) is 17.6. The van der Waals surface area contributed by atoms with Gasteiger partial charge in [-0.1, -0.05) is 31.7 Å². The van der Waals surface area contributed by atoms with Crippen molar-refractivity contribution in [2.75, 3.05) is 25.0 Å². The number of carboxylic acid groups (broad SMARTS) is 1. The molecule has 30 heavy (non-hydrogen) atoms. The van der Waals surface area contributed by atoms with Crippen LogP contribution >= 0.6 is 0 Å². The first-order chi connectivity index (χ1) is 14.6. The summed E-state index contributed by atoms with van der Waals surface area (Å²) in [7, 11) is 0. The van der Waals surface area contributed by atoms with Gasteiger partial charge in [0.1, 0.15) is 11.9 Å². The number of carbonyl (C=O) groups is 2. The third kappa shape index (κ3) is 6.97. The standard InChI is InChI=1S/C23H36N4O3/c28-22(18-12-15-24-16-13-18)27-20(23(29)30)9-5-3-1-2-4-8-19-11-10-17-7-6-14-25-21(17)26-19/h10-11,18,20,24H,1-9,12-16H2,(H,25,26)(H,27,28)(H,29,30)/t20-/m0/s1.